The highest BCUT2D eigenvalue weighted by Crippen LogP contribution is 2.47. The van der Waals surface area contributed by atoms with Crippen molar-refractivity contribution in [3.05, 3.63) is 69.9 Å². The molecular weight excluding hydrogens is 515 g/mol. The van der Waals surface area contributed by atoms with E-state index in [9.17, 15) is 27.9 Å². The normalized spacial score (nSPS) is 20.3. The van der Waals surface area contributed by atoms with Gasteiger partial charge >= 0.3 is 12.1 Å². The second kappa shape index (κ2) is 12.0. The lowest BCUT2D eigenvalue weighted by atomic mass is 9.81. The Balaban J connectivity index is 1.88. The lowest BCUT2D eigenvalue weighted by Gasteiger charge is -2.32. The van der Waals surface area contributed by atoms with Crippen LogP contribution >= 0.6 is 11.8 Å². The number of carbonyl (C=O) groups is 2. The van der Waals surface area contributed by atoms with Gasteiger partial charge in [-0.25, -0.2) is 4.79 Å². The number of hydrogen-bond acceptors (Lipinski definition) is 4. The number of ether oxygens (including phenoxy) is 1. The number of benzene rings is 1. The molecule has 1 aliphatic heterocycles. The van der Waals surface area contributed by atoms with Crippen LogP contribution in [0.1, 0.15) is 65.0 Å². The zero-order chi connectivity index (χ0) is 28.3. The number of carbonyl (C=O) groups excluding carboxylic acids is 1. The third-order valence-corrected chi connectivity index (χ3v) is 8.54. The molecule has 1 aromatic carbocycles. The van der Waals surface area contributed by atoms with E-state index in [0.717, 1.165) is 25.0 Å². The van der Waals surface area contributed by atoms with Gasteiger partial charge in [-0.15, -0.1) is 11.8 Å². The average molecular weight is 552 g/mol. The fourth-order valence-electron chi connectivity index (χ4n) is 4.29. The van der Waals surface area contributed by atoms with Gasteiger partial charge in [0.15, 0.2) is 0 Å². The summed E-state index contributed by atoms with van der Waals surface area (Å²) in [6, 6.07) is 3.62. The molecule has 208 valence electrons. The van der Waals surface area contributed by atoms with Crippen LogP contribution in [0.25, 0.3) is 0 Å². The van der Waals surface area contributed by atoms with Gasteiger partial charge in [0.1, 0.15) is 18.4 Å². The summed E-state index contributed by atoms with van der Waals surface area (Å²) in [4.78, 5) is 26.6. The lowest BCUT2D eigenvalue weighted by Crippen LogP contribution is -2.50. The number of hydrogen-bond donors (Lipinski definition) is 2. The number of halogens is 3. The van der Waals surface area contributed by atoms with Crippen LogP contribution in [0.15, 0.2) is 58.7 Å². The topological polar surface area (TPSA) is 75.6 Å². The van der Waals surface area contributed by atoms with Crippen LogP contribution in [0.4, 0.5) is 13.2 Å². The van der Waals surface area contributed by atoms with Crippen molar-refractivity contribution in [2.24, 2.45) is 17.3 Å². The van der Waals surface area contributed by atoms with E-state index in [2.05, 4.69) is 25.2 Å². The maximum absolute atomic E-state index is 13.4. The molecular formula is C29H36F3NO4S. The van der Waals surface area contributed by atoms with Gasteiger partial charge in [-0.1, -0.05) is 58.9 Å². The van der Waals surface area contributed by atoms with Gasteiger partial charge in [0.05, 0.1) is 16.4 Å². The van der Waals surface area contributed by atoms with E-state index >= 15 is 0 Å². The predicted octanol–water partition coefficient (Wildman–Crippen LogP) is 7.10. The highest BCUT2D eigenvalue weighted by atomic mass is 32.2. The Hall–Kier alpha value is -2.68. The van der Waals surface area contributed by atoms with Crippen LogP contribution in [-0.2, 0) is 27.1 Å². The van der Waals surface area contributed by atoms with Crippen LogP contribution in [0.2, 0.25) is 0 Å². The van der Waals surface area contributed by atoms with Crippen molar-refractivity contribution in [3.63, 3.8) is 0 Å². The van der Waals surface area contributed by atoms with E-state index < -0.39 is 35.1 Å². The lowest BCUT2D eigenvalue weighted by molar-refractivity contribution is -0.144. The monoisotopic (exact) mass is 551 g/mol. The van der Waals surface area contributed by atoms with Gasteiger partial charge in [0.2, 0.25) is 0 Å². The van der Waals surface area contributed by atoms with E-state index in [-0.39, 0.29) is 23.3 Å². The highest BCUT2D eigenvalue weighted by Gasteiger charge is 2.40. The zero-order valence-electron chi connectivity index (χ0n) is 22.4. The zero-order valence-corrected chi connectivity index (χ0v) is 23.2. The van der Waals surface area contributed by atoms with Gasteiger partial charge in [0, 0.05) is 5.92 Å². The van der Waals surface area contributed by atoms with Crippen molar-refractivity contribution in [2.45, 2.75) is 78.0 Å². The molecule has 0 bridgehead atoms. The molecule has 0 aromatic heterocycles. The molecule has 3 atom stereocenters. The Morgan fingerprint density at radius 1 is 1.16 bits per heavy atom. The van der Waals surface area contributed by atoms with Crippen molar-refractivity contribution >= 4 is 23.6 Å². The van der Waals surface area contributed by atoms with Gasteiger partial charge in [-0.3, -0.25) is 4.79 Å². The molecule has 2 unspecified atom stereocenters. The first-order valence-corrected chi connectivity index (χ1v) is 13.7. The number of carboxylic acids is 1. The number of rotatable bonds is 11. The Morgan fingerprint density at radius 3 is 2.37 bits per heavy atom. The molecule has 1 aromatic rings. The Labute approximate surface area is 226 Å². The molecule has 1 heterocycles. The number of carboxylic acid groups (broad SMARTS) is 1. The molecule has 3 rings (SSSR count). The fraction of sp³-hybridized carbons (Fsp3) is 0.517. The molecule has 9 heteroatoms. The summed E-state index contributed by atoms with van der Waals surface area (Å²) in [7, 11) is 0. The predicted molar refractivity (Wildman–Crippen MR) is 143 cm³/mol. The van der Waals surface area contributed by atoms with E-state index in [1.54, 1.807) is 31.7 Å². The molecule has 0 saturated heterocycles. The van der Waals surface area contributed by atoms with Crippen molar-refractivity contribution < 1.29 is 32.6 Å². The Morgan fingerprint density at radius 2 is 1.82 bits per heavy atom. The molecule has 38 heavy (non-hydrogen) atoms. The minimum Gasteiger partial charge on any atom is -0.491 e. The third kappa shape index (κ3) is 7.24. The summed E-state index contributed by atoms with van der Waals surface area (Å²) in [5.74, 6) is -0.717. The largest absolute Gasteiger partial charge is 0.491 e. The molecule has 2 aliphatic rings. The van der Waals surface area contributed by atoms with Gasteiger partial charge in [-0.05, 0) is 59.3 Å². The van der Waals surface area contributed by atoms with Gasteiger partial charge < -0.3 is 15.2 Å². The molecule has 0 radical (unpaired) electrons. The second-order valence-corrected chi connectivity index (χ2v) is 12.2. The first-order chi connectivity index (χ1) is 17.7. The summed E-state index contributed by atoms with van der Waals surface area (Å²) in [5, 5.41) is 12.3. The van der Waals surface area contributed by atoms with Crippen LogP contribution < -0.4 is 5.32 Å². The van der Waals surface area contributed by atoms with Crippen molar-refractivity contribution in [3.8, 4) is 0 Å². The number of thioether (sulfide) groups is 1. The summed E-state index contributed by atoms with van der Waals surface area (Å²) < 4.78 is 45.0. The number of allylic oxidation sites excluding steroid dienone is 3. The number of aliphatic carboxylic acids is 1. The number of alkyl halides is 3. The SMILES string of the molecule is CCC(C)(C)[C@H](NC(=O)C1=C(OCc2ccc(C(F)(F)F)cc2)C2SC(CCC(C)C)=CC2C=C1)C(=O)O. The van der Waals surface area contributed by atoms with E-state index in [4.69, 9.17) is 4.74 Å². The number of nitrogens with one attached hydrogen (secondary N) is 1. The molecule has 5 nitrogen and oxygen atoms in total. The molecule has 2 N–H and O–H groups in total. The molecule has 0 spiro atoms. The van der Waals surface area contributed by atoms with Crippen molar-refractivity contribution in [1.82, 2.24) is 5.32 Å². The summed E-state index contributed by atoms with van der Waals surface area (Å²) in [5.41, 5.74) is -0.659. The van der Waals surface area contributed by atoms with Gasteiger partial charge in [-0.2, -0.15) is 13.2 Å². The minimum absolute atomic E-state index is 0.00340. The summed E-state index contributed by atoms with van der Waals surface area (Å²) in [6.45, 7) is 9.73. The van der Waals surface area contributed by atoms with Gasteiger partial charge in [0.25, 0.3) is 5.91 Å². The van der Waals surface area contributed by atoms with Crippen LogP contribution in [0, 0.1) is 17.3 Å². The fourth-order valence-corrected chi connectivity index (χ4v) is 5.71. The first-order valence-electron chi connectivity index (χ1n) is 12.8. The smallest absolute Gasteiger partial charge is 0.416 e. The molecule has 1 amide bonds. The Bertz CT molecular complexity index is 1120. The third-order valence-electron chi connectivity index (χ3n) is 7.12. The molecule has 0 saturated carbocycles. The van der Waals surface area contributed by atoms with Crippen LogP contribution in [-0.4, -0.2) is 28.3 Å². The quantitative estimate of drug-likeness (QED) is 0.307. The summed E-state index contributed by atoms with van der Waals surface area (Å²) in [6.07, 6.45) is 3.81. The highest BCUT2D eigenvalue weighted by molar-refractivity contribution is 8.04. The van der Waals surface area contributed by atoms with Crippen LogP contribution in [0.3, 0.4) is 0 Å². The Kier molecular flexibility index (Phi) is 9.44. The second-order valence-electron chi connectivity index (χ2n) is 10.9. The van der Waals surface area contributed by atoms with E-state index in [0.29, 0.717) is 23.7 Å². The molecule has 0 fully saturated rings. The maximum atomic E-state index is 13.4. The number of amides is 1. The van der Waals surface area contributed by atoms with E-state index in [1.807, 2.05) is 13.0 Å². The first kappa shape index (κ1) is 29.9. The van der Waals surface area contributed by atoms with E-state index in [1.165, 1.54) is 17.0 Å². The standard InChI is InChI=1S/C29H36F3NO4S/c1-6-28(4,5)25(27(35)36)33-26(34)22-14-10-19-15-21(13-7-17(2)3)38-24(19)23(22)37-16-18-8-11-20(12-9-18)29(30,31)32/h8-12,14-15,17,19,24-25H,6-7,13,16H2,1-5H3,(H,33,34)(H,35,36)/t19?,24?,25-/m1/s1. The molecule has 1 aliphatic carbocycles. The maximum Gasteiger partial charge on any atom is 0.416 e. The summed E-state index contributed by atoms with van der Waals surface area (Å²) >= 11 is 1.62. The minimum atomic E-state index is -4.43. The van der Waals surface area contributed by atoms with Crippen molar-refractivity contribution in [2.75, 3.05) is 0 Å². The average Bonchev–Trinajstić information content (AvgIpc) is 3.27. The van der Waals surface area contributed by atoms with Crippen molar-refractivity contribution in [1.29, 1.82) is 0 Å². The van der Waals surface area contributed by atoms with Crippen LogP contribution in [0.5, 0.6) is 0 Å². The number of fused-ring (bicyclic) bond motifs is 1.